The molecule has 2 aromatic carbocycles. The fourth-order valence-corrected chi connectivity index (χ4v) is 3.28. The third-order valence-electron chi connectivity index (χ3n) is 2.99. The number of halogens is 2. The number of rotatable bonds is 3. The van der Waals surface area contributed by atoms with Gasteiger partial charge >= 0.3 is 0 Å². The van der Waals surface area contributed by atoms with Gasteiger partial charge in [0.15, 0.2) is 0 Å². The van der Waals surface area contributed by atoms with Crippen molar-refractivity contribution in [3.8, 4) is 0 Å². The second kappa shape index (κ2) is 5.50. The molecule has 5 heteroatoms. The Morgan fingerprint density at radius 1 is 1.25 bits per heavy atom. The van der Waals surface area contributed by atoms with Crippen molar-refractivity contribution in [1.29, 1.82) is 0 Å². The average molecular weight is 351 g/mol. The molecule has 0 radical (unpaired) electrons. The number of aromatic nitrogens is 1. The normalized spacial score (nSPS) is 10.9. The van der Waals surface area contributed by atoms with Gasteiger partial charge in [-0.25, -0.2) is 9.37 Å². The van der Waals surface area contributed by atoms with Crippen LogP contribution in [0.2, 0.25) is 0 Å². The molecule has 1 heterocycles. The molecule has 0 bridgehead atoms. The van der Waals surface area contributed by atoms with E-state index in [1.54, 1.807) is 17.4 Å². The average Bonchev–Trinajstić information content (AvgIpc) is 2.79. The number of thiazole rings is 1. The summed E-state index contributed by atoms with van der Waals surface area (Å²) in [5.74, 6) is -0.224. The van der Waals surface area contributed by atoms with Crippen LogP contribution in [0, 0.1) is 12.7 Å². The number of hydrogen-bond donors (Lipinski definition) is 1. The Balaban J connectivity index is 1.80. The van der Waals surface area contributed by atoms with Crippen molar-refractivity contribution in [2.24, 2.45) is 0 Å². The summed E-state index contributed by atoms with van der Waals surface area (Å²) in [6.07, 6.45) is 0. The van der Waals surface area contributed by atoms with Gasteiger partial charge in [-0.05, 0) is 48.9 Å². The molecule has 0 saturated heterocycles. The summed E-state index contributed by atoms with van der Waals surface area (Å²) in [5.41, 5.74) is 2.92. The molecular formula is C15H12BrFN2S. The Morgan fingerprint density at radius 3 is 2.95 bits per heavy atom. The number of nitrogens with zero attached hydrogens (tertiary/aromatic N) is 1. The molecule has 20 heavy (non-hydrogen) atoms. The maximum atomic E-state index is 13.2. The molecule has 0 atom stereocenters. The summed E-state index contributed by atoms with van der Waals surface area (Å²) >= 11 is 5.11. The molecular weight excluding hydrogens is 339 g/mol. The highest BCUT2D eigenvalue weighted by atomic mass is 79.9. The SMILES string of the molecule is Cc1nc2ccc(NCc3cc(F)ccc3Br)cc2s1. The van der Waals surface area contributed by atoms with E-state index in [4.69, 9.17) is 0 Å². The molecule has 0 aliphatic rings. The largest absolute Gasteiger partial charge is 0.381 e. The Bertz CT molecular complexity index is 770. The van der Waals surface area contributed by atoms with E-state index >= 15 is 0 Å². The van der Waals surface area contributed by atoms with Crippen LogP contribution in [-0.4, -0.2) is 4.98 Å². The second-order valence-electron chi connectivity index (χ2n) is 4.50. The highest BCUT2D eigenvalue weighted by molar-refractivity contribution is 9.10. The minimum Gasteiger partial charge on any atom is -0.381 e. The maximum Gasteiger partial charge on any atom is 0.123 e. The lowest BCUT2D eigenvalue weighted by Gasteiger charge is -2.08. The number of anilines is 1. The number of nitrogens with one attached hydrogen (secondary N) is 1. The number of fused-ring (bicyclic) bond motifs is 1. The van der Waals surface area contributed by atoms with E-state index in [9.17, 15) is 4.39 Å². The van der Waals surface area contributed by atoms with Crippen molar-refractivity contribution in [2.45, 2.75) is 13.5 Å². The Morgan fingerprint density at radius 2 is 2.10 bits per heavy atom. The summed E-state index contributed by atoms with van der Waals surface area (Å²) < 4.78 is 15.3. The molecule has 1 aromatic heterocycles. The molecule has 3 aromatic rings. The van der Waals surface area contributed by atoms with Crippen LogP contribution < -0.4 is 5.32 Å². The van der Waals surface area contributed by atoms with Gasteiger partial charge in [-0.3, -0.25) is 0 Å². The minimum absolute atomic E-state index is 0.224. The number of hydrogen-bond acceptors (Lipinski definition) is 3. The van der Waals surface area contributed by atoms with Crippen LogP contribution >= 0.6 is 27.3 Å². The zero-order valence-corrected chi connectivity index (χ0v) is 13.2. The predicted octanol–water partition coefficient (Wildman–Crippen LogP) is 5.12. The molecule has 0 amide bonds. The summed E-state index contributed by atoms with van der Waals surface area (Å²) in [7, 11) is 0. The minimum atomic E-state index is -0.224. The first-order valence-corrected chi connectivity index (χ1v) is 7.78. The van der Waals surface area contributed by atoms with Gasteiger partial charge in [-0.1, -0.05) is 15.9 Å². The lowest BCUT2D eigenvalue weighted by atomic mass is 10.2. The van der Waals surface area contributed by atoms with Crippen molar-refractivity contribution in [2.75, 3.05) is 5.32 Å². The van der Waals surface area contributed by atoms with E-state index in [-0.39, 0.29) is 5.82 Å². The topological polar surface area (TPSA) is 24.9 Å². The van der Waals surface area contributed by atoms with Gasteiger partial charge in [0.05, 0.1) is 15.2 Å². The fourth-order valence-electron chi connectivity index (χ4n) is 2.03. The van der Waals surface area contributed by atoms with Crippen molar-refractivity contribution in [1.82, 2.24) is 4.98 Å². The van der Waals surface area contributed by atoms with Crippen LogP contribution in [0.15, 0.2) is 40.9 Å². The fraction of sp³-hybridized carbons (Fsp3) is 0.133. The molecule has 102 valence electrons. The van der Waals surface area contributed by atoms with Crippen molar-refractivity contribution in [3.63, 3.8) is 0 Å². The highest BCUT2D eigenvalue weighted by Gasteiger charge is 2.04. The van der Waals surface area contributed by atoms with Crippen LogP contribution in [0.25, 0.3) is 10.2 Å². The van der Waals surface area contributed by atoms with Crippen LogP contribution in [0.3, 0.4) is 0 Å². The number of benzene rings is 2. The highest BCUT2D eigenvalue weighted by Crippen LogP contribution is 2.25. The van der Waals surface area contributed by atoms with Crippen LogP contribution in [-0.2, 0) is 6.54 Å². The van der Waals surface area contributed by atoms with Gasteiger partial charge in [0, 0.05) is 16.7 Å². The Labute approximate surface area is 128 Å². The van der Waals surface area contributed by atoms with E-state index in [0.29, 0.717) is 6.54 Å². The summed E-state index contributed by atoms with van der Waals surface area (Å²) in [5, 5.41) is 4.37. The first kappa shape index (κ1) is 13.5. The monoisotopic (exact) mass is 350 g/mol. The molecule has 0 saturated carbocycles. The molecule has 0 fully saturated rings. The summed E-state index contributed by atoms with van der Waals surface area (Å²) in [6, 6.07) is 10.8. The zero-order chi connectivity index (χ0) is 14.1. The summed E-state index contributed by atoms with van der Waals surface area (Å²) in [6.45, 7) is 2.57. The first-order valence-electron chi connectivity index (χ1n) is 6.17. The van der Waals surface area contributed by atoms with E-state index in [1.165, 1.54) is 12.1 Å². The first-order chi connectivity index (χ1) is 9.61. The van der Waals surface area contributed by atoms with Gasteiger partial charge in [0.1, 0.15) is 5.82 Å². The molecule has 0 aliphatic carbocycles. The van der Waals surface area contributed by atoms with Crippen LogP contribution in [0.5, 0.6) is 0 Å². The standard InChI is InChI=1S/C15H12BrFN2S/c1-9-19-14-5-3-12(7-15(14)20-9)18-8-10-6-11(17)2-4-13(10)16/h2-7,18H,8H2,1H3. The van der Waals surface area contributed by atoms with Gasteiger partial charge in [-0.2, -0.15) is 0 Å². The van der Waals surface area contributed by atoms with E-state index < -0.39 is 0 Å². The lowest BCUT2D eigenvalue weighted by molar-refractivity contribution is 0.625. The van der Waals surface area contributed by atoms with E-state index in [0.717, 1.165) is 30.9 Å². The smallest absolute Gasteiger partial charge is 0.123 e. The summed E-state index contributed by atoms with van der Waals surface area (Å²) in [4.78, 5) is 4.43. The van der Waals surface area contributed by atoms with Gasteiger partial charge in [-0.15, -0.1) is 11.3 Å². The van der Waals surface area contributed by atoms with Crippen molar-refractivity contribution in [3.05, 3.63) is 57.3 Å². The van der Waals surface area contributed by atoms with Gasteiger partial charge in [0.25, 0.3) is 0 Å². The predicted molar refractivity (Wildman–Crippen MR) is 85.8 cm³/mol. The lowest BCUT2D eigenvalue weighted by Crippen LogP contribution is -2.00. The third-order valence-corrected chi connectivity index (χ3v) is 4.69. The zero-order valence-electron chi connectivity index (χ0n) is 10.8. The van der Waals surface area contributed by atoms with Crippen LogP contribution in [0.1, 0.15) is 10.6 Å². The van der Waals surface area contributed by atoms with Gasteiger partial charge < -0.3 is 5.32 Å². The van der Waals surface area contributed by atoms with E-state index in [2.05, 4.69) is 32.3 Å². The molecule has 3 rings (SSSR count). The molecule has 0 aliphatic heterocycles. The molecule has 1 N–H and O–H groups in total. The van der Waals surface area contributed by atoms with Crippen molar-refractivity contribution >= 4 is 43.2 Å². The van der Waals surface area contributed by atoms with Crippen molar-refractivity contribution < 1.29 is 4.39 Å². The third kappa shape index (κ3) is 2.83. The number of aryl methyl sites for hydroxylation is 1. The second-order valence-corrected chi connectivity index (χ2v) is 6.59. The quantitative estimate of drug-likeness (QED) is 0.709. The molecule has 0 spiro atoms. The maximum absolute atomic E-state index is 13.2. The Hall–Kier alpha value is -1.46. The Kier molecular flexibility index (Phi) is 3.72. The van der Waals surface area contributed by atoms with Gasteiger partial charge in [0.2, 0.25) is 0 Å². The van der Waals surface area contributed by atoms with Crippen LogP contribution in [0.4, 0.5) is 10.1 Å². The molecule has 0 unspecified atom stereocenters. The van der Waals surface area contributed by atoms with E-state index in [1.807, 2.05) is 19.1 Å². The molecule has 2 nitrogen and oxygen atoms in total.